The number of rotatable bonds is 7. The Bertz CT molecular complexity index is 3940. The number of hydrogen-bond donors (Lipinski definition) is 0. The van der Waals surface area contributed by atoms with Crippen LogP contribution in [-0.4, -0.2) is 19.5 Å². The molecule has 0 saturated heterocycles. The maximum atomic E-state index is 5.33. The molecule has 0 spiro atoms. The first-order chi connectivity index (χ1) is 32.7. The Morgan fingerprint density at radius 2 is 0.788 bits per heavy atom. The van der Waals surface area contributed by atoms with Crippen LogP contribution in [0.25, 0.3) is 126 Å². The fraction of sp³-hybridized carbons (Fsp3) is 0. The molecule has 4 nitrogen and oxygen atoms in total. The van der Waals surface area contributed by atoms with Gasteiger partial charge < -0.3 is 4.57 Å². The van der Waals surface area contributed by atoms with Crippen molar-refractivity contribution in [3.05, 3.63) is 231 Å². The van der Waals surface area contributed by atoms with Crippen LogP contribution in [0.2, 0.25) is 0 Å². The molecule has 3 heterocycles. The molecular formula is C61H38N4S. The first-order valence-corrected chi connectivity index (χ1v) is 23.1. The number of nitrogens with zero attached hydrogens (tertiary/aromatic N) is 4. The van der Waals surface area contributed by atoms with Crippen molar-refractivity contribution < 1.29 is 0 Å². The van der Waals surface area contributed by atoms with Crippen LogP contribution < -0.4 is 0 Å². The first-order valence-electron chi connectivity index (χ1n) is 22.3. The predicted molar refractivity (Wildman–Crippen MR) is 277 cm³/mol. The van der Waals surface area contributed by atoms with Crippen molar-refractivity contribution in [2.75, 3.05) is 0 Å². The van der Waals surface area contributed by atoms with Gasteiger partial charge in [-0.2, -0.15) is 0 Å². The van der Waals surface area contributed by atoms with E-state index < -0.39 is 0 Å². The van der Waals surface area contributed by atoms with Crippen LogP contribution >= 0.6 is 11.3 Å². The Morgan fingerprint density at radius 3 is 1.56 bits per heavy atom. The van der Waals surface area contributed by atoms with Crippen molar-refractivity contribution in [1.82, 2.24) is 19.5 Å². The molecule has 0 fully saturated rings. The van der Waals surface area contributed by atoms with Gasteiger partial charge >= 0.3 is 0 Å². The topological polar surface area (TPSA) is 43.6 Å². The highest BCUT2D eigenvalue weighted by atomic mass is 32.1. The third-order valence-electron chi connectivity index (χ3n) is 12.9. The molecule has 66 heavy (non-hydrogen) atoms. The van der Waals surface area contributed by atoms with E-state index in [-0.39, 0.29) is 0 Å². The summed E-state index contributed by atoms with van der Waals surface area (Å²) >= 11 is 1.84. The Hall–Kier alpha value is -8.51. The normalized spacial score (nSPS) is 11.6. The van der Waals surface area contributed by atoms with Gasteiger partial charge in [0.05, 0.1) is 16.7 Å². The lowest BCUT2D eigenvalue weighted by molar-refractivity contribution is 1.07. The van der Waals surface area contributed by atoms with Crippen molar-refractivity contribution >= 4 is 64.1 Å². The quantitative estimate of drug-likeness (QED) is 0.160. The molecular weight excluding hydrogens is 821 g/mol. The fourth-order valence-electron chi connectivity index (χ4n) is 9.68. The summed E-state index contributed by atoms with van der Waals surface area (Å²) in [6.45, 7) is 0. The maximum Gasteiger partial charge on any atom is 0.164 e. The van der Waals surface area contributed by atoms with Crippen LogP contribution in [0, 0.1) is 0 Å². The number of benzene rings is 10. The predicted octanol–water partition coefficient (Wildman–Crippen LogP) is 16.5. The minimum absolute atomic E-state index is 0.604. The van der Waals surface area contributed by atoms with Gasteiger partial charge in [-0.05, 0) is 75.0 Å². The number of hydrogen-bond acceptors (Lipinski definition) is 4. The average molecular weight is 859 g/mol. The SMILES string of the molecule is c1ccc(-c2ccc(-c3nc(-c4ccc(-c5cccc6ccccc56)cc4)nc(-c4cccc(-c5ccc6c(c5)sc5ccccc56)c4)n3)cc2-n2c3ccccc3c3ccccc32)cc1. The van der Waals surface area contributed by atoms with Gasteiger partial charge in [0.15, 0.2) is 17.5 Å². The highest BCUT2D eigenvalue weighted by Gasteiger charge is 2.20. The van der Waals surface area contributed by atoms with Gasteiger partial charge in [0, 0.05) is 53.2 Å². The highest BCUT2D eigenvalue weighted by molar-refractivity contribution is 7.25. The maximum absolute atomic E-state index is 5.33. The average Bonchev–Trinajstić information content (AvgIpc) is 3.94. The number of aromatic nitrogens is 4. The van der Waals surface area contributed by atoms with E-state index in [1.54, 1.807) is 0 Å². The number of para-hydroxylation sites is 2. The number of fused-ring (bicyclic) bond motifs is 7. The van der Waals surface area contributed by atoms with Crippen molar-refractivity contribution in [2.45, 2.75) is 0 Å². The van der Waals surface area contributed by atoms with Crippen molar-refractivity contribution in [3.63, 3.8) is 0 Å². The zero-order valence-corrected chi connectivity index (χ0v) is 36.5. The van der Waals surface area contributed by atoms with Gasteiger partial charge in [-0.1, -0.05) is 194 Å². The molecule has 13 rings (SSSR count). The standard InChI is InChI=1S/C61H38N4S/c1-2-14-40(15-3-1)49-34-33-46(37-56(49)65-54-25-9-6-21-50(54)51-22-7-10-26-55(51)65)61-63-59(42-30-28-41(29-31-42)48-24-13-17-39-16-4-5-20-47(39)48)62-60(64-61)45-19-12-18-43(36-45)44-32-35-53-52-23-8-11-27-57(52)66-58(53)38-44/h1-38H. The van der Waals surface area contributed by atoms with Crippen molar-refractivity contribution in [2.24, 2.45) is 0 Å². The number of thiophene rings is 1. The molecule has 0 unspecified atom stereocenters. The monoisotopic (exact) mass is 858 g/mol. The molecule has 10 aromatic carbocycles. The van der Waals surface area contributed by atoms with E-state index in [4.69, 9.17) is 15.0 Å². The van der Waals surface area contributed by atoms with E-state index in [9.17, 15) is 0 Å². The smallest absolute Gasteiger partial charge is 0.164 e. The van der Waals surface area contributed by atoms with Crippen LogP contribution in [0.4, 0.5) is 0 Å². The summed E-state index contributed by atoms with van der Waals surface area (Å²) in [5.74, 6) is 1.83. The van der Waals surface area contributed by atoms with Crippen LogP contribution in [0.1, 0.15) is 0 Å². The van der Waals surface area contributed by atoms with E-state index in [1.807, 2.05) is 11.3 Å². The summed E-state index contributed by atoms with van der Waals surface area (Å²) in [5, 5.41) is 7.44. The molecule has 0 bridgehead atoms. The lowest BCUT2D eigenvalue weighted by Crippen LogP contribution is -2.02. The molecule has 0 saturated carbocycles. The highest BCUT2D eigenvalue weighted by Crippen LogP contribution is 2.40. The lowest BCUT2D eigenvalue weighted by Gasteiger charge is -2.16. The van der Waals surface area contributed by atoms with Gasteiger partial charge in [-0.25, -0.2) is 15.0 Å². The summed E-state index contributed by atoms with van der Waals surface area (Å²) in [7, 11) is 0. The van der Waals surface area contributed by atoms with Crippen LogP contribution in [0.15, 0.2) is 231 Å². The van der Waals surface area contributed by atoms with Gasteiger partial charge in [0.1, 0.15) is 0 Å². The molecule has 0 amide bonds. The van der Waals surface area contributed by atoms with Gasteiger partial charge in [0.25, 0.3) is 0 Å². The minimum atomic E-state index is 0.604. The Morgan fingerprint density at radius 1 is 0.288 bits per heavy atom. The van der Waals surface area contributed by atoms with Gasteiger partial charge in [-0.3, -0.25) is 0 Å². The summed E-state index contributed by atoms with van der Waals surface area (Å²) in [6.07, 6.45) is 0. The van der Waals surface area contributed by atoms with E-state index >= 15 is 0 Å². The molecule has 0 aliphatic heterocycles. The molecule has 0 aliphatic carbocycles. The molecule has 13 aromatic rings. The largest absolute Gasteiger partial charge is 0.309 e. The lowest BCUT2D eigenvalue weighted by atomic mass is 9.97. The second-order valence-corrected chi connectivity index (χ2v) is 17.9. The Labute approximate surface area is 385 Å². The summed E-state index contributed by atoms with van der Waals surface area (Å²) in [6, 6.07) is 82.3. The summed E-state index contributed by atoms with van der Waals surface area (Å²) < 4.78 is 4.96. The second kappa shape index (κ2) is 15.6. The summed E-state index contributed by atoms with van der Waals surface area (Å²) in [4.78, 5) is 15.9. The zero-order valence-electron chi connectivity index (χ0n) is 35.6. The summed E-state index contributed by atoms with van der Waals surface area (Å²) in [5.41, 5.74) is 12.9. The van der Waals surface area contributed by atoms with Crippen LogP contribution in [-0.2, 0) is 0 Å². The molecule has 0 radical (unpaired) electrons. The van der Waals surface area contributed by atoms with Crippen molar-refractivity contribution in [3.8, 4) is 73.2 Å². The first kappa shape index (κ1) is 38.0. The Balaban J connectivity index is 0.991. The third-order valence-corrected chi connectivity index (χ3v) is 14.0. The van der Waals surface area contributed by atoms with E-state index in [1.165, 1.54) is 47.3 Å². The molecule has 0 N–H and O–H groups in total. The minimum Gasteiger partial charge on any atom is -0.309 e. The van der Waals surface area contributed by atoms with Crippen molar-refractivity contribution in [1.29, 1.82) is 0 Å². The second-order valence-electron chi connectivity index (χ2n) is 16.8. The molecule has 308 valence electrons. The Kier molecular flexibility index (Phi) is 9.00. The van der Waals surface area contributed by atoms with E-state index in [0.717, 1.165) is 61.2 Å². The zero-order chi connectivity index (χ0) is 43.6. The van der Waals surface area contributed by atoms with Gasteiger partial charge in [-0.15, -0.1) is 11.3 Å². The van der Waals surface area contributed by atoms with E-state index in [2.05, 4.69) is 235 Å². The van der Waals surface area contributed by atoms with Crippen LogP contribution in [0.3, 0.4) is 0 Å². The fourth-order valence-corrected chi connectivity index (χ4v) is 10.8. The van der Waals surface area contributed by atoms with E-state index in [0.29, 0.717) is 17.5 Å². The molecule has 5 heteroatoms. The third kappa shape index (κ3) is 6.48. The molecule has 0 aliphatic rings. The van der Waals surface area contributed by atoms with Gasteiger partial charge in [0.2, 0.25) is 0 Å². The molecule has 3 aromatic heterocycles. The molecule has 0 atom stereocenters. The van der Waals surface area contributed by atoms with Crippen LogP contribution in [0.5, 0.6) is 0 Å².